The van der Waals surface area contributed by atoms with Crippen LogP contribution < -0.4 is 9.47 Å². The average molecular weight is 262 g/mol. The van der Waals surface area contributed by atoms with Gasteiger partial charge in [0.25, 0.3) is 0 Å². The summed E-state index contributed by atoms with van der Waals surface area (Å²) in [4.78, 5) is 10.9. The van der Waals surface area contributed by atoms with Crippen molar-refractivity contribution in [3.63, 3.8) is 0 Å². The van der Waals surface area contributed by atoms with Crippen LogP contribution in [0.25, 0.3) is 0 Å². The Kier molecular flexibility index (Phi) is 3.32. The molecule has 2 aliphatic rings. The number of fused-ring (bicyclic) bond motifs is 1. The molecule has 0 amide bonds. The third-order valence-electron chi connectivity index (χ3n) is 4.19. The first-order valence-corrected chi connectivity index (χ1v) is 6.82. The predicted molar refractivity (Wildman–Crippen MR) is 69.4 cm³/mol. The van der Waals surface area contributed by atoms with E-state index in [1.165, 1.54) is 5.56 Å². The van der Waals surface area contributed by atoms with Gasteiger partial charge in [0.2, 0.25) is 6.79 Å². The molecule has 0 spiro atoms. The number of hydrogen-bond donors (Lipinski definition) is 1. The van der Waals surface area contributed by atoms with E-state index in [0.717, 1.165) is 37.2 Å². The first kappa shape index (κ1) is 12.3. The monoisotopic (exact) mass is 262 g/mol. The maximum absolute atomic E-state index is 10.9. The van der Waals surface area contributed by atoms with E-state index in [9.17, 15) is 4.79 Å². The van der Waals surface area contributed by atoms with Gasteiger partial charge in [-0.05, 0) is 48.8 Å². The van der Waals surface area contributed by atoms with Crippen LogP contribution >= 0.6 is 0 Å². The average Bonchev–Trinajstić information content (AvgIpc) is 2.98. The maximum Gasteiger partial charge on any atom is 0.303 e. The second-order valence-electron chi connectivity index (χ2n) is 5.44. The highest BCUT2D eigenvalue weighted by atomic mass is 16.7. The number of carboxylic acid groups (broad SMARTS) is 1. The number of carbonyl (C=O) groups is 1. The van der Waals surface area contributed by atoms with Gasteiger partial charge < -0.3 is 14.6 Å². The molecule has 0 aromatic heterocycles. The van der Waals surface area contributed by atoms with Crippen molar-refractivity contribution >= 4 is 5.97 Å². The summed E-state index contributed by atoms with van der Waals surface area (Å²) >= 11 is 0. The lowest BCUT2D eigenvalue weighted by atomic mass is 9.87. The first-order valence-electron chi connectivity index (χ1n) is 6.82. The minimum atomic E-state index is -0.678. The molecule has 102 valence electrons. The zero-order valence-electron chi connectivity index (χ0n) is 10.8. The Morgan fingerprint density at radius 3 is 2.84 bits per heavy atom. The van der Waals surface area contributed by atoms with E-state index in [0.29, 0.717) is 25.0 Å². The Bertz CT molecular complexity index is 483. The van der Waals surface area contributed by atoms with E-state index in [-0.39, 0.29) is 0 Å². The van der Waals surface area contributed by atoms with Crippen LogP contribution in [0.15, 0.2) is 18.2 Å². The topological polar surface area (TPSA) is 55.8 Å². The van der Waals surface area contributed by atoms with Gasteiger partial charge in [-0.3, -0.25) is 4.79 Å². The molecule has 4 nitrogen and oxygen atoms in total. The highest BCUT2D eigenvalue weighted by molar-refractivity contribution is 5.67. The molecule has 1 aromatic carbocycles. The summed E-state index contributed by atoms with van der Waals surface area (Å²) in [6, 6.07) is 6.03. The highest BCUT2D eigenvalue weighted by Gasteiger charge is 2.29. The summed E-state index contributed by atoms with van der Waals surface area (Å²) in [7, 11) is 0. The van der Waals surface area contributed by atoms with Crippen LogP contribution in [0.3, 0.4) is 0 Å². The molecule has 1 heterocycles. The van der Waals surface area contributed by atoms with Gasteiger partial charge in [0, 0.05) is 6.42 Å². The molecule has 1 aromatic rings. The zero-order valence-corrected chi connectivity index (χ0v) is 10.8. The SMILES string of the molecule is O=C(O)CC1CCCC1Cc1ccc2c(c1)OCO2. The molecular formula is C15H18O4. The molecular weight excluding hydrogens is 244 g/mol. The molecule has 2 unspecified atom stereocenters. The summed E-state index contributed by atoms with van der Waals surface area (Å²) in [6.07, 6.45) is 4.56. The number of aliphatic carboxylic acids is 1. The van der Waals surface area contributed by atoms with Crippen LogP contribution in [0.4, 0.5) is 0 Å². The van der Waals surface area contributed by atoms with E-state index < -0.39 is 5.97 Å². The number of hydrogen-bond acceptors (Lipinski definition) is 3. The van der Waals surface area contributed by atoms with Crippen molar-refractivity contribution in [3.8, 4) is 11.5 Å². The van der Waals surface area contributed by atoms with Crippen LogP contribution in [0.1, 0.15) is 31.2 Å². The van der Waals surface area contributed by atoms with Gasteiger partial charge in [-0.1, -0.05) is 12.5 Å². The highest BCUT2D eigenvalue weighted by Crippen LogP contribution is 2.38. The van der Waals surface area contributed by atoms with Gasteiger partial charge in [0.1, 0.15) is 0 Å². The second kappa shape index (κ2) is 5.11. The van der Waals surface area contributed by atoms with Crippen LogP contribution in [0.2, 0.25) is 0 Å². The Balaban J connectivity index is 1.68. The lowest BCUT2D eigenvalue weighted by molar-refractivity contribution is -0.138. The molecule has 2 atom stereocenters. The van der Waals surface area contributed by atoms with E-state index in [2.05, 4.69) is 6.07 Å². The van der Waals surface area contributed by atoms with Gasteiger partial charge in [-0.15, -0.1) is 0 Å². The standard InChI is InChI=1S/C15H18O4/c16-15(17)8-12-3-1-2-11(12)6-10-4-5-13-14(7-10)19-9-18-13/h4-5,7,11-12H,1-3,6,8-9H2,(H,16,17). The minimum Gasteiger partial charge on any atom is -0.481 e. The molecule has 0 bridgehead atoms. The summed E-state index contributed by atoms with van der Waals surface area (Å²) in [5.41, 5.74) is 1.21. The third-order valence-corrected chi connectivity index (χ3v) is 4.19. The van der Waals surface area contributed by atoms with Gasteiger partial charge >= 0.3 is 5.97 Å². The minimum absolute atomic E-state index is 0.295. The van der Waals surface area contributed by atoms with E-state index in [4.69, 9.17) is 14.6 Å². The molecule has 1 aliphatic heterocycles. The van der Waals surface area contributed by atoms with E-state index in [1.807, 2.05) is 12.1 Å². The summed E-state index contributed by atoms with van der Waals surface area (Å²) in [5.74, 6) is 1.74. The van der Waals surface area contributed by atoms with Crippen LogP contribution in [0.5, 0.6) is 11.5 Å². The fourth-order valence-electron chi connectivity index (χ4n) is 3.25. The van der Waals surface area contributed by atoms with Crippen LogP contribution in [-0.2, 0) is 11.2 Å². The number of rotatable bonds is 4. The summed E-state index contributed by atoms with van der Waals surface area (Å²) in [6.45, 7) is 0.295. The molecule has 4 heteroatoms. The number of ether oxygens (including phenoxy) is 2. The van der Waals surface area contributed by atoms with Crippen molar-refractivity contribution in [1.82, 2.24) is 0 Å². The third kappa shape index (κ3) is 2.67. The van der Waals surface area contributed by atoms with Gasteiger partial charge in [0.05, 0.1) is 0 Å². The number of carboxylic acids is 1. The molecule has 1 saturated carbocycles. The summed E-state index contributed by atoms with van der Waals surface area (Å²) < 4.78 is 10.7. The van der Waals surface area contributed by atoms with Crippen molar-refractivity contribution in [2.45, 2.75) is 32.1 Å². The second-order valence-corrected chi connectivity index (χ2v) is 5.44. The van der Waals surface area contributed by atoms with Gasteiger partial charge in [-0.25, -0.2) is 0 Å². The van der Waals surface area contributed by atoms with Crippen molar-refractivity contribution in [2.24, 2.45) is 11.8 Å². The molecule has 0 saturated heterocycles. The Morgan fingerprint density at radius 1 is 1.21 bits per heavy atom. The molecule has 19 heavy (non-hydrogen) atoms. The van der Waals surface area contributed by atoms with Crippen molar-refractivity contribution < 1.29 is 19.4 Å². The van der Waals surface area contributed by atoms with Gasteiger partial charge in [-0.2, -0.15) is 0 Å². The predicted octanol–water partition coefficient (Wildman–Crippen LogP) is 2.85. The normalized spacial score (nSPS) is 24.6. The molecule has 1 fully saturated rings. The molecule has 1 N–H and O–H groups in total. The number of benzene rings is 1. The lowest BCUT2D eigenvalue weighted by Crippen LogP contribution is -2.15. The molecule has 3 rings (SSSR count). The maximum atomic E-state index is 10.9. The Labute approximate surface area is 112 Å². The van der Waals surface area contributed by atoms with E-state index >= 15 is 0 Å². The van der Waals surface area contributed by atoms with Crippen molar-refractivity contribution in [2.75, 3.05) is 6.79 Å². The Morgan fingerprint density at radius 2 is 2.00 bits per heavy atom. The van der Waals surface area contributed by atoms with Crippen molar-refractivity contribution in [1.29, 1.82) is 0 Å². The fraction of sp³-hybridized carbons (Fsp3) is 0.533. The molecule has 0 radical (unpaired) electrons. The molecule has 1 aliphatic carbocycles. The fourth-order valence-corrected chi connectivity index (χ4v) is 3.25. The largest absolute Gasteiger partial charge is 0.481 e. The first-order chi connectivity index (χ1) is 9.22. The van der Waals surface area contributed by atoms with Crippen molar-refractivity contribution in [3.05, 3.63) is 23.8 Å². The summed E-state index contributed by atoms with van der Waals surface area (Å²) in [5, 5.41) is 8.95. The van der Waals surface area contributed by atoms with E-state index in [1.54, 1.807) is 0 Å². The smallest absolute Gasteiger partial charge is 0.303 e. The Hall–Kier alpha value is -1.71. The van der Waals surface area contributed by atoms with Crippen LogP contribution in [-0.4, -0.2) is 17.9 Å². The van der Waals surface area contributed by atoms with Gasteiger partial charge in [0.15, 0.2) is 11.5 Å². The quantitative estimate of drug-likeness (QED) is 0.906. The van der Waals surface area contributed by atoms with Crippen LogP contribution in [0, 0.1) is 11.8 Å². The zero-order chi connectivity index (χ0) is 13.2. The lowest BCUT2D eigenvalue weighted by Gasteiger charge is -2.18.